The monoisotopic (exact) mass is 257 g/mol. The van der Waals surface area contributed by atoms with Gasteiger partial charge in [-0.15, -0.1) is 11.3 Å². The first-order valence-corrected chi connectivity index (χ1v) is 7.55. The largest absolute Gasteiger partial charge is 0.320 e. The van der Waals surface area contributed by atoms with Crippen LogP contribution in [0.3, 0.4) is 0 Å². The van der Waals surface area contributed by atoms with Crippen molar-refractivity contribution in [3.05, 3.63) is 56.8 Å². The standard InChI is InChI=1S/C16H19NS/c1-2-11-5-3-7-13(9-11)16(17)15-10-12-6-4-8-14(12)18-15/h3,5,7,9-10,16H,2,4,6,8,17H2,1H3. The third-order valence-electron chi connectivity index (χ3n) is 3.79. The van der Waals surface area contributed by atoms with E-state index in [0.29, 0.717) is 0 Å². The maximum atomic E-state index is 6.41. The van der Waals surface area contributed by atoms with Gasteiger partial charge in [0.05, 0.1) is 6.04 Å². The molecule has 1 aliphatic carbocycles. The van der Waals surface area contributed by atoms with Gasteiger partial charge in [-0.2, -0.15) is 0 Å². The minimum absolute atomic E-state index is 0.0482. The second kappa shape index (κ2) is 4.87. The Morgan fingerprint density at radius 2 is 2.17 bits per heavy atom. The Hall–Kier alpha value is -1.12. The molecule has 1 atom stereocenters. The fourth-order valence-electron chi connectivity index (χ4n) is 2.68. The van der Waals surface area contributed by atoms with E-state index < -0.39 is 0 Å². The molecule has 1 unspecified atom stereocenters. The summed E-state index contributed by atoms with van der Waals surface area (Å²) in [5.41, 5.74) is 10.6. The van der Waals surface area contributed by atoms with E-state index in [2.05, 4.69) is 37.3 Å². The summed E-state index contributed by atoms with van der Waals surface area (Å²) in [6.45, 7) is 2.18. The molecule has 2 aromatic rings. The zero-order valence-electron chi connectivity index (χ0n) is 10.8. The van der Waals surface area contributed by atoms with Crippen molar-refractivity contribution in [3.8, 4) is 0 Å². The van der Waals surface area contributed by atoms with E-state index in [9.17, 15) is 0 Å². The van der Waals surface area contributed by atoms with Gasteiger partial charge >= 0.3 is 0 Å². The van der Waals surface area contributed by atoms with Gasteiger partial charge in [-0.05, 0) is 48.4 Å². The predicted octanol–water partition coefficient (Wildman–Crippen LogP) is 3.85. The van der Waals surface area contributed by atoms with Crippen molar-refractivity contribution >= 4 is 11.3 Å². The number of nitrogens with two attached hydrogens (primary N) is 1. The smallest absolute Gasteiger partial charge is 0.0646 e. The number of aryl methyl sites for hydroxylation is 3. The van der Waals surface area contributed by atoms with Crippen molar-refractivity contribution in [2.45, 2.75) is 38.6 Å². The second-order valence-corrected chi connectivity index (χ2v) is 6.20. The molecule has 0 spiro atoms. The first kappa shape index (κ1) is 11.9. The third-order valence-corrected chi connectivity index (χ3v) is 5.11. The number of hydrogen-bond acceptors (Lipinski definition) is 2. The zero-order chi connectivity index (χ0) is 12.5. The summed E-state index contributed by atoms with van der Waals surface area (Å²) in [6, 6.07) is 11.1. The van der Waals surface area contributed by atoms with Crippen LogP contribution >= 0.6 is 11.3 Å². The highest BCUT2D eigenvalue weighted by Gasteiger charge is 2.19. The average molecular weight is 257 g/mol. The van der Waals surface area contributed by atoms with Crippen molar-refractivity contribution < 1.29 is 0 Å². The summed E-state index contributed by atoms with van der Waals surface area (Å²) in [4.78, 5) is 2.89. The van der Waals surface area contributed by atoms with Crippen LogP contribution in [0.5, 0.6) is 0 Å². The Morgan fingerprint density at radius 3 is 2.94 bits per heavy atom. The number of thiophene rings is 1. The Morgan fingerprint density at radius 1 is 1.28 bits per heavy atom. The molecule has 3 rings (SSSR count). The molecular weight excluding hydrogens is 238 g/mol. The molecule has 2 heteroatoms. The maximum absolute atomic E-state index is 6.41. The van der Waals surface area contributed by atoms with Crippen molar-refractivity contribution in [1.82, 2.24) is 0 Å². The summed E-state index contributed by atoms with van der Waals surface area (Å²) in [6.07, 6.45) is 4.89. The fraction of sp³-hybridized carbons (Fsp3) is 0.375. The van der Waals surface area contributed by atoms with E-state index in [-0.39, 0.29) is 6.04 Å². The summed E-state index contributed by atoms with van der Waals surface area (Å²) < 4.78 is 0. The Labute approximate surface area is 113 Å². The lowest BCUT2D eigenvalue weighted by Crippen LogP contribution is -2.10. The van der Waals surface area contributed by atoms with E-state index in [1.54, 1.807) is 4.88 Å². The zero-order valence-corrected chi connectivity index (χ0v) is 11.6. The van der Waals surface area contributed by atoms with Gasteiger partial charge in [-0.1, -0.05) is 31.2 Å². The van der Waals surface area contributed by atoms with Gasteiger partial charge in [-0.3, -0.25) is 0 Å². The fourth-order valence-corrected chi connectivity index (χ4v) is 3.96. The molecule has 0 saturated carbocycles. The van der Waals surface area contributed by atoms with Crippen molar-refractivity contribution in [2.75, 3.05) is 0 Å². The van der Waals surface area contributed by atoms with Crippen molar-refractivity contribution in [3.63, 3.8) is 0 Å². The number of rotatable bonds is 3. The second-order valence-electron chi connectivity index (χ2n) is 5.03. The molecule has 0 amide bonds. The lowest BCUT2D eigenvalue weighted by molar-refractivity contribution is 0.878. The highest BCUT2D eigenvalue weighted by Crippen LogP contribution is 2.35. The SMILES string of the molecule is CCc1cccc(C(N)c2cc3c(s2)CCC3)c1. The van der Waals surface area contributed by atoms with E-state index in [1.807, 2.05) is 11.3 Å². The number of benzene rings is 1. The molecule has 1 aromatic heterocycles. The molecule has 0 aliphatic heterocycles. The number of fused-ring (bicyclic) bond motifs is 1. The van der Waals surface area contributed by atoms with Crippen molar-refractivity contribution in [1.29, 1.82) is 0 Å². The van der Waals surface area contributed by atoms with Crippen LogP contribution in [-0.4, -0.2) is 0 Å². The summed E-state index contributed by atoms with van der Waals surface area (Å²) in [7, 11) is 0. The van der Waals surface area contributed by atoms with E-state index in [1.165, 1.54) is 40.8 Å². The lowest BCUT2D eigenvalue weighted by Gasteiger charge is -2.11. The van der Waals surface area contributed by atoms with Gasteiger partial charge < -0.3 is 5.73 Å². The summed E-state index contributed by atoms with van der Waals surface area (Å²) >= 11 is 1.91. The Balaban J connectivity index is 1.90. The quantitative estimate of drug-likeness (QED) is 0.888. The summed E-state index contributed by atoms with van der Waals surface area (Å²) in [5, 5.41) is 0. The van der Waals surface area contributed by atoms with Gasteiger partial charge in [0.1, 0.15) is 0 Å². The van der Waals surface area contributed by atoms with Gasteiger partial charge in [0.25, 0.3) is 0 Å². The molecular formula is C16H19NS. The van der Waals surface area contributed by atoms with Gasteiger partial charge in [0.15, 0.2) is 0 Å². The minimum atomic E-state index is 0.0482. The van der Waals surface area contributed by atoms with Gasteiger partial charge in [0.2, 0.25) is 0 Å². The minimum Gasteiger partial charge on any atom is -0.320 e. The highest BCUT2D eigenvalue weighted by molar-refractivity contribution is 7.12. The molecule has 94 valence electrons. The van der Waals surface area contributed by atoms with Crippen LogP contribution in [-0.2, 0) is 19.3 Å². The molecule has 0 saturated heterocycles. The molecule has 1 aromatic carbocycles. The Bertz CT molecular complexity index is 534. The van der Waals surface area contributed by atoms with Crippen molar-refractivity contribution in [2.24, 2.45) is 5.73 Å². The maximum Gasteiger partial charge on any atom is 0.0646 e. The van der Waals surface area contributed by atoms with Gasteiger partial charge in [0, 0.05) is 9.75 Å². The molecule has 0 fully saturated rings. The molecule has 1 aliphatic rings. The molecule has 18 heavy (non-hydrogen) atoms. The lowest BCUT2D eigenvalue weighted by atomic mass is 10.0. The molecule has 2 N–H and O–H groups in total. The summed E-state index contributed by atoms with van der Waals surface area (Å²) in [5.74, 6) is 0. The van der Waals surface area contributed by atoms with E-state index in [4.69, 9.17) is 5.73 Å². The topological polar surface area (TPSA) is 26.0 Å². The van der Waals surface area contributed by atoms with Gasteiger partial charge in [-0.25, -0.2) is 0 Å². The van der Waals surface area contributed by atoms with Crippen LogP contribution < -0.4 is 5.73 Å². The van der Waals surface area contributed by atoms with Crippen LogP contribution in [0.25, 0.3) is 0 Å². The van der Waals surface area contributed by atoms with Crippen LogP contribution in [0, 0.1) is 0 Å². The first-order chi connectivity index (χ1) is 8.78. The average Bonchev–Trinajstić information content (AvgIpc) is 2.98. The van der Waals surface area contributed by atoms with E-state index >= 15 is 0 Å². The molecule has 1 heterocycles. The first-order valence-electron chi connectivity index (χ1n) is 6.74. The Kier molecular flexibility index (Phi) is 3.23. The number of hydrogen-bond donors (Lipinski definition) is 1. The van der Waals surface area contributed by atoms with Crippen LogP contribution in [0.1, 0.15) is 45.8 Å². The van der Waals surface area contributed by atoms with E-state index in [0.717, 1.165) is 6.42 Å². The predicted molar refractivity (Wildman–Crippen MR) is 78.2 cm³/mol. The molecule has 1 nitrogen and oxygen atoms in total. The van der Waals surface area contributed by atoms with Crippen LogP contribution in [0.2, 0.25) is 0 Å². The normalized spacial score (nSPS) is 15.7. The third kappa shape index (κ3) is 2.11. The molecule has 0 radical (unpaired) electrons. The molecule has 0 bridgehead atoms. The highest BCUT2D eigenvalue weighted by atomic mass is 32.1. The van der Waals surface area contributed by atoms with Crippen LogP contribution in [0.15, 0.2) is 30.3 Å². The van der Waals surface area contributed by atoms with Crippen LogP contribution in [0.4, 0.5) is 0 Å².